The van der Waals surface area contributed by atoms with Crippen LogP contribution >= 0.6 is 0 Å². The molecule has 2 N–H and O–H groups in total. The van der Waals surface area contributed by atoms with E-state index >= 15 is 0 Å². The van der Waals surface area contributed by atoms with Crippen LogP contribution in [0.2, 0.25) is 0 Å². The highest BCUT2D eigenvalue weighted by Crippen LogP contribution is 2.35. The number of amides is 1. The van der Waals surface area contributed by atoms with Crippen LogP contribution in [0.1, 0.15) is 34.1 Å². The molecular formula is C11H20F2N2O2. The number of alkyl halides is 2. The highest BCUT2D eigenvalue weighted by atomic mass is 19.3. The Morgan fingerprint density at radius 1 is 1.41 bits per heavy atom. The molecule has 0 aromatic heterocycles. The minimum Gasteiger partial charge on any atom is -0.444 e. The van der Waals surface area contributed by atoms with Gasteiger partial charge in [0.05, 0.1) is 5.54 Å². The van der Waals surface area contributed by atoms with Gasteiger partial charge in [0, 0.05) is 19.5 Å². The molecular weight excluding hydrogens is 230 g/mol. The second-order valence-electron chi connectivity index (χ2n) is 5.77. The van der Waals surface area contributed by atoms with Gasteiger partial charge in [-0.3, -0.25) is 0 Å². The third-order valence-corrected chi connectivity index (χ3v) is 2.70. The number of halogens is 2. The van der Waals surface area contributed by atoms with E-state index in [1.807, 2.05) is 0 Å². The van der Waals surface area contributed by atoms with Crippen LogP contribution in [-0.4, -0.2) is 41.1 Å². The fourth-order valence-corrected chi connectivity index (χ4v) is 1.63. The monoisotopic (exact) mass is 250 g/mol. The molecule has 1 aliphatic rings. The Labute approximate surface area is 100 Å². The van der Waals surface area contributed by atoms with Gasteiger partial charge in [-0.2, -0.15) is 0 Å². The van der Waals surface area contributed by atoms with Crippen molar-refractivity contribution in [3.05, 3.63) is 0 Å². The average Bonchev–Trinajstić information content (AvgIpc) is 2.06. The summed E-state index contributed by atoms with van der Waals surface area (Å²) < 4.78 is 32.0. The van der Waals surface area contributed by atoms with E-state index in [-0.39, 0.29) is 13.1 Å². The summed E-state index contributed by atoms with van der Waals surface area (Å²) in [7, 11) is 0. The van der Waals surface area contributed by atoms with Crippen LogP contribution < -0.4 is 5.73 Å². The maximum atomic E-state index is 13.5. The number of rotatable bonds is 0. The number of hydrogen-bond acceptors (Lipinski definition) is 3. The van der Waals surface area contributed by atoms with Crippen LogP contribution in [0.4, 0.5) is 13.6 Å². The van der Waals surface area contributed by atoms with E-state index in [0.717, 1.165) is 0 Å². The van der Waals surface area contributed by atoms with E-state index in [9.17, 15) is 13.6 Å². The number of nitrogens with two attached hydrogens (primary N) is 1. The third kappa shape index (κ3) is 3.28. The molecule has 1 fully saturated rings. The van der Waals surface area contributed by atoms with Crippen molar-refractivity contribution >= 4 is 6.09 Å². The average molecular weight is 250 g/mol. The van der Waals surface area contributed by atoms with E-state index in [2.05, 4.69) is 0 Å². The first kappa shape index (κ1) is 14.2. The van der Waals surface area contributed by atoms with Crippen molar-refractivity contribution in [3.63, 3.8) is 0 Å². The largest absolute Gasteiger partial charge is 0.444 e. The van der Waals surface area contributed by atoms with Gasteiger partial charge < -0.3 is 15.4 Å². The molecule has 0 aromatic carbocycles. The molecule has 0 saturated carbocycles. The minimum absolute atomic E-state index is 0.0330. The molecule has 1 rings (SSSR count). The normalized spacial score (nSPS) is 29.0. The van der Waals surface area contributed by atoms with Gasteiger partial charge in [0.1, 0.15) is 5.60 Å². The molecule has 1 heterocycles. The summed E-state index contributed by atoms with van der Waals surface area (Å²) in [6.07, 6.45) is -1.02. The Balaban J connectivity index is 2.69. The van der Waals surface area contributed by atoms with Crippen LogP contribution in [0.5, 0.6) is 0 Å². The maximum absolute atomic E-state index is 13.5. The van der Waals surface area contributed by atoms with Crippen LogP contribution in [0, 0.1) is 0 Å². The van der Waals surface area contributed by atoms with Gasteiger partial charge in [-0.15, -0.1) is 0 Å². The molecule has 1 amide bonds. The smallest absolute Gasteiger partial charge is 0.410 e. The van der Waals surface area contributed by atoms with Crippen LogP contribution in [-0.2, 0) is 4.74 Å². The zero-order valence-corrected chi connectivity index (χ0v) is 10.7. The van der Waals surface area contributed by atoms with Crippen molar-refractivity contribution in [1.82, 2.24) is 4.90 Å². The van der Waals surface area contributed by atoms with Gasteiger partial charge in [-0.25, -0.2) is 13.6 Å². The van der Waals surface area contributed by atoms with Crippen LogP contribution in [0.3, 0.4) is 0 Å². The van der Waals surface area contributed by atoms with Gasteiger partial charge in [0.25, 0.3) is 5.92 Å². The summed E-state index contributed by atoms with van der Waals surface area (Å²) in [5, 5.41) is 0. The summed E-state index contributed by atoms with van der Waals surface area (Å²) in [5.41, 5.74) is 3.21. The number of carbonyl (C=O) groups excluding carboxylic acids is 1. The number of carbonyl (C=O) groups is 1. The quantitative estimate of drug-likeness (QED) is 0.715. The van der Waals surface area contributed by atoms with Gasteiger partial charge in [-0.05, 0) is 27.7 Å². The second-order valence-corrected chi connectivity index (χ2v) is 5.77. The lowest BCUT2D eigenvalue weighted by Crippen LogP contribution is -2.65. The molecule has 17 heavy (non-hydrogen) atoms. The van der Waals surface area contributed by atoms with Crippen molar-refractivity contribution in [2.24, 2.45) is 5.73 Å². The zero-order valence-electron chi connectivity index (χ0n) is 10.7. The highest BCUT2D eigenvalue weighted by molar-refractivity contribution is 5.68. The number of nitrogens with zero attached hydrogens (tertiary/aromatic N) is 1. The predicted octanol–water partition coefficient (Wildman–Crippen LogP) is 1.98. The zero-order chi connectivity index (χ0) is 13.5. The molecule has 0 spiro atoms. The fourth-order valence-electron chi connectivity index (χ4n) is 1.63. The fraction of sp³-hybridized carbons (Fsp3) is 0.909. The van der Waals surface area contributed by atoms with Gasteiger partial charge >= 0.3 is 6.09 Å². The molecule has 1 atom stereocenters. The topological polar surface area (TPSA) is 55.6 Å². The molecule has 6 heteroatoms. The van der Waals surface area contributed by atoms with Crippen molar-refractivity contribution in [2.45, 2.75) is 51.2 Å². The second kappa shape index (κ2) is 4.08. The van der Waals surface area contributed by atoms with E-state index in [4.69, 9.17) is 10.5 Å². The number of ether oxygens (including phenoxy) is 1. The summed E-state index contributed by atoms with van der Waals surface area (Å²) in [6.45, 7) is 6.20. The molecule has 1 unspecified atom stereocenters. The maximum Gasteiger partial charge on any atom is 0.410 e. The number of hydrogen-bond donors (Lipinski definition) is 1. The first-order valence-corrected chi connectivity index (χ1v) is 5.59. The Bertz CT molecular complexity index is 311. The minimum atomic E-state index is -2.95. The summed E-state index contributed by atoms with van der Waals surface area (Å²) in [4.78, 5) is 13.0. The first-order valence-electron chi connectivity index (χ1n) is 5.59. The lowest BCUT2D eigenvalue weighted by atomic mass is 9.88. The predicted molar refractivity (Wildman–Crippen MR) is 60.0 cm³/mol. The Morgan fingerprint density at radius 2 is 1.94 bits per heavy atom. The van der Waals surface area contributed by atoms with Gasteiger partial charge in [0.2, 0.25) is 0 Å². The van der Waals surface area contributed by atoms with Crippen molar-refractivity contribution in [2.75, 3.05) is 13.1 Å². The summed E-state index contributed by atoms with van der Waals surface area (Å²) in [6, 6.07) is 0. The van der Waals surface area contributed by atoms with E-state index in [1.54, 1.807) is 20.8 Å². The number of likely N-dealkylation sites (tertiary alicyclic amines) is 1. The van der Waals surface area contributed by atoms with Gasteiger partial charge in [-0.1, -0.05) is 0 Å². The molecule has 0 aromatic rings. The van der Waals surface area contributed by atoms with Crippen LogP contribution in [0.15, 0.2) is 0 Å². The molecule has 0 radical (unpaired) electrons. The van der Waals surface area contributed by atoms with Crippen molar-refractivity contribution in [3.8, 4) is 0 Å². The van der Waals surface area contributed by atoms with E-state index in [0.29, 0.717) is 0 Å². The Kier molecular flexibility index (Phi) is 3.40. The first-order chi connectivity index (χ1) is 7.45. The third-order valence-electron chi connectivity index (χ3n) is 2.70. The molecule has 100 valence electrons. The standard InChI is InChI=1S/C11H20F2N2O2/c1-9(2,3)17-8(16)15-6-5-11(12,13)10(4,14)7-15/h5-7,14H2,1-4H3. The van der Waals surface area contributed by atoms with Crippen LogP contribution in [0.25, 0.3) is 0 Å². The molecule has 0 aliphatic carbocycles. The Morgan fingerprint density at radius 3 is 2.35 bits per heavy atom. The molecule has 1 saturated heterocycles. The van der Waals surface area contributed by atoms with E-state index in [1.165, 1.54) is 11.8 Å². The number of piperidine rings is 1. The lowest BCUT2D eigenvalue weighted by Gasteiger charge is -2.43. The van der Waals surface area contributed by atoms with Crippen molar-refractivity contribution < 1.29 is 18.3 Å². The molecule has 1 aliphatic heterocycles. The molecule has 4 nitrogen and oxygen atoms in total. The summed E-state index contributed by atoms with van der Waals surface area (Å²) >= 11 is 0. The van der Waals surface area contributed by atoms with E-state index < -0.39 is 29.6 Å². The Hall–Kier alpha value is -0.910. The lowest BCUT2D eigenvalue weighted by molar-refractivity contribution is -0.113. The molecule has 0 bridgehead atoms. The summed E-state index contributed by atoms with van der Waals surface area (Å²) in [5.74, 6) is -2.95. The van der Waals surface area contributed by atoms with Gasteiger partial charge in [0.15, 0.2) is 0 Å². The SMILES string of the molecule is CC(C)(C)OC(=O)N1CCC(F)(F)C(C)(N)C1. The highest BCUT2D eigenvalue weighted by Gasteiger charge is 2.52. The van der Waals surface area contributed by atoms with Crippen molar-refractivity contribution in [1.29, 1.82) is 0 Å².